The van der Waals surface area contributed by atoms with E-state index in [1.165, 1.54) is 12.1 Å². The van der Waals surface area contributed by atoms with Crippen LogP contribution in [0.5, 0.6) is 0 Å². The van der Waals surface area contributed by atoms with Gasteiger partial charge < -0.3 is 11.1 Å². The lowest BCUT2D eigenvalue weighted by atomic mass is 10.1. The van der Waals surface area contributed by atoms with E-state index in [-0.39, 0.29) is 16.8 Å². The molecule has 1 unspecified atom stereocenters. The molecular weight excluding hydrogens is 238 g/mol. The second-order valence-electron chi connectivity index (χ2n) is 3.86. The molecule has 0 spiro atoms. The summed E-state index contributed by atoms with van der Waals surface area (Å²) < 4.78 is 0. The van der Waals surface area contributed by atoms with Crippen molar-refractivity contribution in [2.45, 2.75) is 6.92 Å². The summed E-state index contributed by atoms with van der Waals surface area (Å²) >= 11 is 5.84. The molecule has 0 radical (unpaired) electrons. The number of nitrogens with zero attached hydrogens (tertiary/aromatic N) is 1. The molecule has 1 amide bonds. The highest BCUT2D eigenvalue weighted by Crippen LogP contribution is 2.16. The van der Waals surface area contributed by atoms with Crippen LogP contribution in [0, 0.1) is 17.2 Å². The minimum Gasteiger partial charge on any atom is -0.352 e. The lowest BCUT2D eigenvalue weighted by Crippen LogP contribution is -2.31. The number of hydrogen-bond acceptors (Lipinski definition) is 3. The number of hydrogen-bond donors (Lipinski definition) is 2. The normalized spacial score (nSPS) is 11.6. The van der Waals surface area contributed by atoms with Gasteiger partial charge in [0.25, 0.3) is 5.91 Å². The molecule has 3 N–H and O–H groups in total. The highest BCUT2D eigenvalue weighted by molar-refractivity contribution is 6.32. The van der Waals surface area contributed by atoms with Gasteiger partial charge in [0, 0.05) is 12.1 Å². The summed E-state index contributed by atoms with van der Waals surface area (Å²) in [6.07, 6.45) is 0. The number of nitrogens with two attached hydrogens (primary N) is 1. The Morgan fingerprint density at radius 3 is 2.88 bits per heavy atom. The fourth-order valence-electron chi connectivity index (χ4n) is 1.20. The number of carbonyl (C=O) groups excluding carboxylic acids is 1. The van der Waals surface area contributed by atoms with E-state index in [2.05, 4.69) is 5.32 Å². The van der Waals surface area contributed by atoms with Crippen LogP contribution < -0.4 is 11.1 Å². The van der Waals surface area contributed by atoms with Gasteiger partial charge in [0.2, 0.25) is 0 Å². The topological polar surface area (TPSA) is 78.9 Å². The molecule has 1 aromatic rings. The van der Waals surface area contributed by atoms with E-state index in [9.17, 15) is 4.79 Å². The Kier molecular flexibility index (Phi) is 4.95. The number of rotatable bonds is 4. The maximum Gasteiger partial charge on any atom is 0.251 e. The Morgan fingerprint density at radius 1 is 1.65 bits per heavy atom. The standard InChI is InChI=1S/C12H14ClN3O/c1-8(5-14)7-16-12(17)9-2-3-10(6-15)11(13)4-9/h2-4,8H,5,7,14H2,1H3,(H,16,17). The van der Waals surface area contributed by atoms with E-state index in [0.717, 1.165) is 0 Å². The van der Waals surface area contributed by atoms with Gasteiger partial charge in [0.15, 0.2) is 0 Å². The van der Waals surface area contributed by atoms with Gasteiger partial charge >= 0.3 is 0 Å². The Morgan fingerprint density at radius 2 is 2.35 bits per heavy atom. The van der Waals surface area contributed by atoms with Crippen LogP contribution >= 0.6 is 11.6 Å². The number of benzene rings is 1. The summed E-state index contributed by atoms with van der Waals surface area (Å²) in [4.78, 5) is 11.7. The quantitative estimate of drug-likeness (QED) is 0.852. The molecule has 0 saturated carbocycles. The largest absolute Gasteiger partial charge is 0.352 e. The first-order chi connectivity index (χ1) is 8.08. The van der Waals surface area contributed by atoms with E-state index in [1.54, 1.807) is 6.07 Å². The van der Waals surface area contributed by atoms with Crippen molar-refractivity contribution in [3.05, 3.63) is 34.3 Å². The van der Waals surface area contributed by atoms with Crippen LogP contribution in [0.2, 0.25) is 5.02 Å². The van der Waals surface area contributed by atoms with Crippen molar-refractivity contribution in [2.24, 2.45) is 11.7 Å². The summed E-state index contributed by atoms with van der Waals surface area (Å²) in [5.41, 5.74) is 6.25. The third-order valence-corrected chi connectivity index (χ3v) is 2.68. The van der Waals surface area contributed by atoms with E-state index in [1.807, 2.05) is 13.0 Å². The second-order valence-corrected chi connectivity index (χ2v) is 4.26. The van der Waals surface area contributed by atoms with Crippen molar-refractivity contribution in [3.63, 3.8) is 0 Å². The molecule has 5 heteroatoms. The first-order valence-corrected chi connectivity index (χ1v) is 5.64. The van der Waals surface area contributed by atoms with Crippen LogP contribution in [-0.2, 0) is 0 Å². The summed E-state index contributed by atoms with van der Waals surface area (Å²) in [5, 5.41) is 11.7. The zero-order valence-corrected chi connectivity index (χ0v) is 10.3. The Bertz CT molecular complexity index is 454. The first-order valence-electron chi connectivity index (χ1n) is 5.26. The molecule has 0 saturated heterocycles. The predicted octanol–water partition coefficient (Wildman–Crippen LogP) is 1.54. The number of nitrogens with one attached hydrogen (secondary N) is 1. The molecule has 0 aromatic heterocycles. The zero-order chi connectivity index (χ0) is 12.8. The smallest absolute Gasteiger partial charge is 0.251 e. The predicted molar refractivity (Wildman–Crippen MR) is 66.7 cm³/mol. The lowest BCUT2D eigenvalue weighted by Gasteiger charge is -2.10. The lowest BCUT2D eigenvalue weighted by molar-refractivity contribution is 0.0948. The molecule has 0 aliphatic heterocycles. The summed E-state index contributed by atoms with van der Waals surface area (Å²) in [5.74, 6) is 0.0180. The Labute approximate surface area is 105 Å². The van der Waals surface area contributed by atoms with Crippen LogP contribution in [0.4, 0.5) is 0 Å². The molecule has 17 heavy (non-hydrogen) atoms. The molecule has 0 aliphatic carbocycles. The minimum atomic E-state index is -0.211. The average Bonchev–Trinajstić information content (AvgIpc) is 2.35. The monoisotopic (exact) mass is 251 g/mol. The van der Waals surface area contributed by atoms with Gasteiger partial charge in [-0.25, -0.2) is 0 Å². The second kappa shape index (κ2) is 6.24. The SMILES string of the molecule is CC(CN)CNC(=O)c1ccc(C#N)c(Cl)c1. The van der Waals surface area contributed by atoms with Crippen LogP contribution in [0.25, 0.3) is 0 Å². The van der Waals surface area contributed by atoms with Crippen molar-refractivity contribution < 1.29 is 4.79 Å². The van der Waals surface area contributed by atoms with Gasteiger partial charge in [0.05, 0.1) is 10.6 Å². The molecule has 0 fully saturated rings. The van der Waals surface area contributed by atoms with E-state index in [4.69, 9.17) is 22.6 Å². The molecule has 0 aliphatic rings. The van der Waals surface area contributed by atoms with E-state index in [0.29, 0.717) is 24.2 Å². The highest BCUT2D eigenvalue weighted by Gasteiger charge is 2.09. The molecular formula is C12H14ClN3O. The van der Waals surface area contributed by atoms with Gasteiger partial charge in [-0.3, -0.25) is 4.79 Å². The van der Waals surface area contributed by atoms with Crippen molar-refractivity contribution >= 4 is 17.5 Å². The van der Waals surface area contributed by atoms with Crippen molar-refractivity contribution in [2.75, 3.05) is 13.1 Å². The van der Waals surface area contributed by atoms with Crippen LogP contribution in [0.3, 0.4) is 0 Å². The highest BCUT2D eigenvalue weighted by atomic mass is 35.5. The Hall–Kier alpha value is -1.57. The van der Waals surface area contributed by atoms with E-state index < -0.39 is 0 Å². The van der Waals surface area contributed by atoms with Crippen molar-refractivity contribution in [3.8, 4) is 6.07 Å². The first kappa shape index (κ1) is 13.5. The van der Waals surface area contributed by atoms with Crippen LogP contribution in [0.1, 0.15) is 22.8 Å². The molecule has 1 atom stereocenters. The fourth-order valence-corrected chi connectivity index (χ4v) is 1.42. The van der Waals surface area contributed by atoms with Crippen LogP contribution in [0.15, 0.2) is 18.2 Å². The third-order valence-electron chi connectivity index (χ3n) is 2.37. The molecule has 1 aromatic carbocycles. The van der Waals surface area contributed by atoms with Gasteiger partial charge in [-0.15, -0.1) is 0 Å². The number of halogens is 1. The molecule has 90 valence electrons. The van der Waals surface area contributed by atoms with E-state index >= 15 is 0 Å². The summed E-state index contributed by atoms with van der Waals surface area (Å²) in [6, 6.07) is 6.54. The number of carbonyl (C=O) groups is 1. The van der Waals surface area contributed by atoms with Gasteiger partial charge in [-0.05, 0) is 30.7 Å². The van der Waals surface area contributed by atoms with Crippen molar-refractivity contribution in [1.82, 2.24) is 5.32 Å². The average molecular weight is 252 g/mol. The Balaban J connectivity index is 2.71. The fraction of sp³-hybridized carbons (Fsp3) is 0.333. The van der Waals surface area contributed by atoms with Crippen molar-refractivity contribution in [1.29, 1.82) is 5.26 Å². The van der Waals surface area contributed by atoms with Gasteiger partial charge in [0.1, 0.15) is 6.07 Å². The van der Waals surface area contributed by atoms with Crippen LogP contribution in [-0.4, -0.2) is 19.0 Å². The number of amides is 1. The van der Waals surface area contributed by atoms with Gasteiger partial charge in [-0.2, -0.15) is 5.26 Å². The number of nitriles is 1. The van der Waals surface area contributed by atoms with Gasteiger partial charge in [-0.1, -0.05) is 18.5 Å². The minimum absolute atomic E-state index is 0.211. The zero-order valence-electron chi connectivity index (χ0n) is 9.53. The molecule has 0 bridgehead atoms. The maximum atomic E-state index is 11.7. The summed E-state index contributed by atoms with van der Waals surface area (Å²) in [7, 11) is 0. The molecule has 4 nitrogen and oxygen atoms in total. The summed E-state index contributed by atoms with van der Waals surface area (Å²) in [6.45, 7) is 2.99. The molecule has 1 rings (SSSR count). The maximum absolute atomic E-state index is 11.7. The molecule has 0 heterocycles. The third kappa shape index (κ3) is 3.74.